The minimum Gasteiger partial charge on any atom is -0.497 e. The first-order chi connectivity index (χ1) is 12.1. The van der Waals surface area contributed by atoms with Gasteiger partial charge in [-0.3, -0.25) is 9.59 Å². The number of hydrogen-bond donors (Lipinski definition) is 1. The first kappa shape index (κ1) is 17.3. The Morgan fingerprint density at radius 2 is 2.08 bits per heavy atom. The van der Waals surface area contributed by atoms with Gasteiger partial charge in [0.25, 0.3) is 0 Å². The van der Waals surface area contributed by atoms with Gasteiger partial charge in [-0.15, -0.1) is 10.2 Å². The predicted molar refractivity (Wildman–Crippen MR) is 92.7 cm³/mol. The topological polar surface area (TPSA) is 93.7 Å². The molecule has 1 aliphatic rings. The highest BCUT2D eigenvalue weighted by Crippen LogP contribution is 2.28. The summed E-state index contributed by atoms with van der Waals surface area (Å²) in [5.74, 6) is -0.0238. The number of nitrogens with zero attached hydrogens (tertiary/aromatic N) is 3. The number of hydrogen-bond acceptors (Lipinski definition) is 7. The maximum Gasteiger partial charge on any atom is 0.231 e. The number of anilines is 2. The molecule has 0 aliphatic carbocycles. The van der Waals surface area contributed by atoms with E-state index in [0.29, 0.717) is 29.0 Å². The number of carbonyl (C=O) groups is 2. The molecule has 0 unspecified atom stereocenters. The normalized spacial score (nSPS) is 17.0. The third-order valence-corrected chi connectivity index (χ3v) is 4.66. The Hall–Kier alpha value is -2.52. The van der Waals surface area contributed by atoms with Crippen LogP contribution in [0, 0.1) is 5.92 Å². The molecule has 132 valence electrons. The molecular formula is C16H18N4O4S. The molecule has 2 amide bonds. The molecule has 0 spiro atoms. The average molecular weight is 362 g/mol. The van der Waals surface area contributed by atoms with Gasteiger partial charge in [0.2, 0.25) is 16.9 Å². The molecule has 25 heavy (non-hydrogen) atoms. The van der Waals surface area contributed by atoms with Crippen molar-refractivity contribution in [1.29, 1.82) is 0 Å². The van der Waals surface area contributed by atoms with Crippen LogP contribution in [0.25, 0.3) is 0 Å². The maximum atomic E-state index is 12.4. The highest BCUT2D eigenvalue weighted by molar-refractivity contribution is 7.15. The molecule has 2 heterocycles. The van der Waals surface area contributed by atoms with Gasteiger partial charge in [-0.2, -0.15) is 0 Å². The first-order valence-corrected chi connectivity index (χ1v) is 8.49. The van der Waals surface area contributed by atoms with Gasteiger partial charge in [-0.25, -0.2) is 0 Å². The predicted octanol–water partition coefficient (Wildman–Crippen LogP) is 1.68. The zero-order chi connectivity index (χ0) is 17.8. The van der Waals surface area contributed by atoms with E-state index < -0.39 is 5.92 Å². The molecule has 0 radical (unpaired) electrons. The number of carbonyl (C=O) groups excluding carboxylic acids is 2. The zero-order valence-electron chi connectivity index (χ0n) is 13.9. The molecule has 1 fully saturated rings. The molecule has 1 aromatic heterocycles. The van der Waals surface area contributed by atoms with E-state index in [-0.39, 0.29) is 18.2 Å². The molecule has 1 aliphatic heterocycles. The van der Waals surface area contributed by atoms with Crippen LogP contribution >= 0.6 is 11.3 Å². The second-order valence-electron chi connectivity index (χ2n) is 5.53. The SMILES string of the molecule is COCc1nnc(NC(=O)[C@H]2CC(=O)N(c3ccc(OC)cc3)C2)s1. The van der Waals surface area contributed by atoms with Crippen LogP contribution < -0.4 is 15.0 Å². The average Bonchev–Trinajstić information content (AvgIpc) is 3.22. The van der Waals surface area contributed by atoms with Crippen LogP contribution in [0.1, 0.15) is 11.4 Å². The molecule has 1 N–H and O–H groups in total. The van der Waals surface area contributed by atoms with E-state index in [1.54, 1.807) is 43.4 Å². The highest BCUT2D eigenvalue weighted by atomic mass is 32.1. The summed E-state index contributed by atoms with van der Waals surface area (Å²) in [7, 11) is 3.15. The minimum absolute atomic E-state index is 0.0809. The second kappa shape index (κ2) is 7.58. The summed E-state index contributed by atoms with van der Waals surface area (Å²) in [5.41, 5.74) is 0.749. The van der Waals surface area contributed by atoms with Crippen molar-refractivity contribution in [2.24, 2.45) is 5.92 Å². The van der Waals surface area contributed by atoms with E-state index in [9.17, 15) is 9.59 Å². The van der Waals surface area contributed by atoms with Crippen LogP contribution in [0.15, 0.2) is 24.3 Å². The summed E-state index contributed by atoms with van der Waals surface area (Å²) in [4.78, 5) is 26.3. The van der Waals surface area contributed by atoms with Gasteiger partial charge in [0.15, 0.2) is 0 Å². The lowest BCUT2D eigenvalue weighted by Crippen LogP contribution is -2.28. The summed E-state index contributed by atoms with van der Waals surface area (Å²) in [6.07, 6.45) is 0.168. The van der Waals surface area contributed by atoms with Crippen molar-refractivity contribution in [2.75, 3.05) is 31.0 Å². The summed E-state index contributed by atoms with van der Waals surface area (Å²) in [6, 6.07) is 7.18. The van der Waals surface area contributed by atoms with Gasteiger partial charge in [0.1, 0.15) is 17.4 Å². The van der Waals surface area contributed by atoms with Crippen molar-refractivity contribution in [3.05, 3.63) is 29.3 Å². The van der Waals surface area contributed by atoms with Gasteiger partial charge >= 0.3 is 0 Å². The summed E-state index contributed by atoms with van der Waals surface area (Å²) in [6.45, 7) is 0.682. The lowest BCUT2D eigenvalue weighted by molar-refractivity contribution is -0.122. The molecule has 2 aromatic rings. The van der Waals surface area contributed by atoms with Gasteiger partial charge in [0.05, 0.1) is 13.0 Å². The van der Waals surface area contributed by atoms with Crippen molar-refractivity contribution in [3.8, 4) is 5.75 Å². The number of amides is 2. The highest BCUT2D eigenvalue weighted by Gasteiger charge is 2.35. The molecule has 1 aromatic carbocycles. The smallest absolute Gasteiger partial charge is 0.231 e. The maximum absolute atomic E-state index is 12.4. The molecule has 1 saturated heterocycles. The fraction of sp³-hybridized carbons (Fsp3) is 0.375. The molecule has 8 nitrogen and oxygen atoms in total. The van der Waals surface area contributed by atoms with E-state index in [1.165, 1.54) is 11.3 Å². The van der Waals surface area contributed by atoms with Gasteiger partial charge in [0, 0.05) is 25.8 Å². The molecule has 0 bridgehead atoms. The summed E-state index contributed by atoms with van der Waals surface area (Å²) >= 11 is 1.26. The van der Waals surface area contributed by atoms with Crippen molar-refractivity contribution in [1.82, 2.24) is 10.2 Å². The Balaban J connectivity index is 1.63. The lowest BCUT2D eigenvalue weighted by Gasteiger charge is -2.16. The first-order valence-electron chi connectivity index (χ1n) is 7.67. The van der Waals surface area contributed by atoms with Crippen LogP contribution in [-0.4, -0.2) is 42.8 Å². The van der Waals surface area contributed by atoms with Crippen molar-refractivity contribution < 1.29 is 19.1 Å². The number of aromatic nitrogens is 2. The van der Waals surface area contributed by atoms with E-state index in [1.807, 2.05) is 0 Å². The van der Waals surface area contributed by atoms with Crippen LogP contribution in [0.4, 0.5) is 10.8 Å². The number of ether oxygens (including phenoxy) is 2. The fourth-order valence-electron chi connectivity index (χ4n) is 2.59. The Labute approximate surface area is 148 Å². The molecule has 1 atom stereocenters. The molecular weight excluding hydrogens is 344 g/mol. The van der Waals surface area contributed by atoms with Crippen molar-refractivity contribution in [3.63, 3.8) is 0 Å². The Morgan fingerprint density at radius 3 is 2.76 bits per heavy atom. The number of nitrogens with one attached hydrogen (secondary N) is 1. The Morgan fingerprint density at radius 1 is 1.32 bits per heavy atom. The van der Waals surface area contributed by atoms with Crippen molar-refractivity contribution in [2.45, 2.75) is 13.0 Å². The van der Waals surface area contributed by atoms with E-state index in [0.717, 1.165) is 5.69 Å². The van der Waals surface area contributed by atoms with E-state index >= 15 is 0 Å². The summed E-state index contributed by atoms with van der Waals surface area (Å²) < 4.78 is 10.1. The van der Waals surface area contributed by atoms with Crippen LogP contribution in [0.2, 0.25) is 0 Å². The van der Waals surface area contributed by atoms with Gasteiger partial charge in [-0.1, -0.05) is 11.3 Å². The minimum atomic E-state index is -0.427. The fourth-order valence-corrected chi connectivity index (χ4v) is 3.30. The van der Waals surface area contributed by atoms with Gasteiger partial charge < -0.3 is 19.7 Å². The third kappa shape index (κ3) is 3.94. The Kier molecular flexibility index (Phi) is 5.25. The number of methoxy groups -OCH3 is 2. The largest absolute Gasteiger partial charge is 0.497 e. The lowest BCUT2D eigenvalue weighted by atomic mass is 10.1. The standard InChI is InChI=1S/C16H18N4O4S/c1-23-9-13-18-19-16(25-13)17-15(22)10-7-14(21)20(8-10)11-3-5-12(24-2)6-4-11/h3-6,10H,7-9H2,1-2H3,(H,17,19,22)/t10-/m0/s1. The Bertz CT molecular complexity index is 762. The number of benzene rings is 1. The monoisotopic (exact) mass is 362 g/mol. The van der Waals surface area contributed by atoms with E-state index in [2.05, 4.69) is 15.5 Å². The molecule has 9 heteroatoms. The summed E-state index contributed by atoms with van der Waals surface area (Å²) in [5, 5.41) is 11.6. The second-order valence-corrected chi connectivity index (χ2v) is 6.59. The quantitative estimate of drug-likeness (QED) is 0.840. The van der Waals surface area contributed by atoms with Crippen LogP contribution in [0.3, 0.4) is 0 Å². The number of rotatable bonds is 6. The van der Waals surface area contributed by atoms with E-state index in [4.69, 9.17) is 9.47 Å². The van der Waals surface area contributed by atoms with Crippen molar-refractivity contribution >= 4 is 34.0 Å². The van der Waals surface area contributed by atoms with Crippen LogP contribution in [0.5, 0.6) is 5.75 Å². The van der Waals surface area contributed by atoms with Gasteiger partial charge in [-0.05, 0) is 24.3 Å². The molecule has 0 saturated carbocycles. The molecule has 3 rings (SSSR count). The third-order valence-electron chi connectivity index (χ3n) is 3.84. The zero-order valence-corrected chi connectivity index (χ0v) is 14.7. The van der Waals surface area contributed by atoms with Crippen LogP contribution in [-0.2, 0) is 20.9 Å².